The molecule has 0 aliphatic carbocycles. The van der Waals surface area contributed by atoms with Crippen LogP contribution in [-0.4, -0.2) is 43.6 Å². The molecule has 22 heavy (non-hydrogen) atoms. The first-order chi connectivity index (χ1) is 10.5. The maximum atomic E-state index is 13.2. The Hall–Kier alpha value is -1.99. The third kappa shape index (κ3) is 2.95. The van der Waals surface area contributed by atoms with Crippen LogP contribution in [0.1, 0.15) is 18.5 Å². The average molecular weight is 325 g/mol. The smallest absolute Gasteiger partial charge is 0.320 e. The first-order valence-corrected chi connectivity index (χ1v) is 7.26. The Morgan fingerprint density at radius 3 is 3.05 bits per heavy atom. The normalized spacial score (nSPS) is 18.7. The van der Waals surface area contributed by atoms with Gasteiger partial charge in [0.15, 0.2) is 0 Å². The van der Waals surface area contributed by atoms with Gasteiger partial charge in [0.25, 0.3) is 0 Å². The molecule has 1 N–H and O–H groups in total. The minimum atomic E-state index is -0.810. The quantitative estimate of drug-likeness (QED) is 0.932. The Kier molecular flexibility index (Phi) is 4.08. The lowest BCUT2D eigenvalue weighted by atomic mass is 10.2. The minimum Gasteiger partial charge on any atom is -0.480 e. The molecule has 0 radical (unpaired) electrons. The fourth-order valence-corrected chi connectivity index (χ4v) is 2.80. The molecule has 1 fully saturated rings. The predicted octanol–water partition coefficient (Wildman–Crippen LogP) is 2.11. The van der Waals surface area contributed by atoms with Crippen LogP contribution in [0.4, 0.5) is 4.39 Å². The summed E-state index contributed by atoms with van der Waals surface area (Å²) in [5.74, 6) is -1.30. The maximum Gasteiger partial charge on any atom is 0.320 e. The summed E-state index contributed by atoms with van der Waals surface area (Å²) in [6.07, 6.45) is 3.20. The van der Waals surface area contributed by atoms with Crippen molar-refractivity contribution < 1.29 is 14.3 Å². The highest BCUT2D eigenvalue weighted by Crippen LogP contribution is 2.21. The molecule has 1 atom stereocenters. The molecule has 8 heteroatoms. The van der Waals surface area contributed by atoms with Crippen molar-refractivity contribution in [2.75, 3.05) is 6.54 Å². The number of hydrogen-bond acceptors (Lipinski definition) is 4. The van der Waals surface area contributed by atoms with Gasteiger partial charge in [-0.15, -0.1) is 5.10 Å². The summed E-state index contributed by atoms with van der Waals surface area (Å²) in [4.78, 5) is 13.0. The Morgan fingerprint density at radius 1 is 1.50 bits per heavy atom. The van der Waals surface area contributed by atoms with Crippen LogP contribution in [0, 0.1) is 5.82 Å². The van der Waals surface area contributed by atoms with Gasteiger partial charge in [-0.25, -0.2) is 9.07 Å². The molecule has 0 saturated carbocycles. The van der Waals surface area contributed by atoms with Crippen molar-refractivity contribution in [3.05, 3.63) is 40.9 Å². The lowest BCUT2D eigenvalue weighted by molar-refractivity contribution is -0.142. The van der Waals surface area contributed by atoms with E-state index in [0.29, 0.717) is 24.3 Å². The summed E-state index contributed by atoms with van der Waals surface area (Å²) in [6.45, 7) is 1.15. The van der Waals surface area contributed by atoms with Crippen molar-refractivity contribution in [1.82, 2.24) is 19.9 Å². The molecule has 3 rings (SSSR count). The first kappa shape index (κ1) is 14.9. The number of hydrogen-bond donors (Lipinski definition) is 1. The maximum absolute atomic E-state index is 13.2. The molecule has 6 nitrogen and oxygen atoms in total. The van der Waals surface area contributed by atoms with E-state index >= 15 is 0 Å². The zero-order valence-corrected chi connectivity index (χ0v) is 12.4. The summed E-state index contributed by atoms with van der Waals surface area (Å²) < 4.78 is 14.7. The third-order valence-electron chi connectivity index (χ3n) is 3.72. The Bertz CT molecular complexity index is 706. The molecule has 116 valence electrons. The number of carboxylic acid groups (broad SMARTS) is 1. The molecular formula is C14H14ClFN4O2. The van der Waals surface area contributed by atoms with Crippen LogP contribution in [0.3, 0.4) is 0 Å². The molecule has 2 aromatic rings. The summed E-state index contributed by atoms with van der Waals surface area (Å²) in [6, 6.07) is 3.81. The number of likely N-dealkylation sites (tertiary alicyclic amines) is 1. The van der Waals surface area contributed by atoms with E-state index in [1.165, 1.54) is 16.8 Å². The van der Waals surface area contributed by atoms with Crippen LogP contribution in [0.2, 0.25) is 5.02 Å². The molecule has 0 unspecified atom stereocenters. The van der Waals surface area contributed by atoms with Crippen LogP contribution in [0.25, 0.3) is 5.69 Å². The fourth-order valence-electron chi connectivity index (χ4n) is 2.63. The highest BCUT2D eigenvalue weighted by molar-refractivity contribution is 6.30. The van der Waals surface area contributed by atoms with Gasteiger partial charge in [0.05, 0.1) is 22.6 Å². The number of carbonyl (C=O) groups is 1. The van der Waals surface area contributed by atoms with E-state index in [-0.39, 0.29) is 5.02 Å². The molecule has 0 amide bonds. The van der Waals surface area contributed by atoms with Gasteiger partial charge in [0.2, 0.25) is 0 Å². The van der Waals surface area contributed by atoms with E-state index in [9.17, 15) is 9.18 Å². The van der Waals surface area contributed by atoms with Gasteiger partial charge < -0.3 is 5.11 Å². The Labute approximate surface area is 131 Å². The number of carboxylic acids is 1. The number of aromatic nitrogens is 3. The third-order valence-corrected chi connectivity index (χ3v) is 4.01. The molecule has 1 saturated heterocycles. The average Bonchev–Trinajstić information content (AvgIpc) is 3.11. The molecule has 1 aliphatic heterocycles. The van der Waals surface area contributed by atoms with E-state index in [0.717, 1.165) is 13.0 Å². The van der Waals surface area contributed by atoms with Gasteiger partial charge in [0, 0.05) is 6.54 Å². The van der Waals surface area contributed by atoms with Crippen molar-refractivity contribution in [2.24, 2.45) is 0 Å². The minimum absolute atomic E-state index is 0.0139. The topological polar surface area (TPSA) is 71.2 Å². The molecule has 0 bridgehead atoms. The second-order valence-corrected chi connectivity index (χ2v) is 5.63. The number of halogens is 2. The number of benzene rings is 1. The lowest BCUT2D eigenvalue weighted by Gasteiger charge is -2.19. The summed E-state index contributed by atoms with van der Waals surface area (Å²) in [5, 5.41) is 17.2. The van der Waals surface area contributed by atoms with Crippen molar-refractivity contribution in [3.8, 4) is 5.69 Å². The monoisotopic (exact) mass is 324 g/mol. The molecular weight excluding hydrogens is 311 g/mol. The van der Waals surface area contributed by atoms with Gasteiger partial charge in [0.1, 0.15) is 11.9 Å². The second-order valence-electron chi connectivity index (χ2n) is 5.22. The summed E-state index contributed by atoms with van der Waals surface area (Å²) in [5.41, 5.74) is 1.26. The summed E-state index contributed by atoms with van der Waals surface area (Å²) in [7, 11) is 0. The number of aliphatic carboxylic acids is 1. The zero-order chi connectivity index (χ0) is 15.7. The molecule has 1 aliphatic rings. The van der Waals surface area contributed by atoms with E-state index < -0.39 is 17.8 Å². The van der Waals surface area contributed by atoms with Gasteiger partial charge in [-0.3, -0.25) is 9.69 Å². The van der Waals surface area contributed by atoms with Crippen molar-refractivity contribution in [1.29, 1.82) is 0 Å². The zero-order valence-electron chi connectivity index (χ0n) is 11.6. The highest BCUT2D eigenvalue weighted by Gasteiger charge is 2.30. The van der Waals surface area contributed by atoms with Crippen LogP contribution in [-0.2, 0) is 11.3 Å². The van der Waals surface area contributed by atoms with Crippen LogP contribution >= 0.6 is 11.6 Å². The second kappa shape index (κ2) is 6.02. The lowest BCUT2D eigenvalue weighted by Crippen LogP contribution is -2.35. The number of nitrogens with zero attached hydrogens (tertiary/aromatic N) is 4. The number of rotatable bonds is 4. The van der Waals surface area contributed by atoms with Crippen molar-refractivity contribution >= 4 is 17.6 Å². The molecule has 0 spiro atoms. The van der Waals surface area contributed by atoms with Gasteiger partial charge in [-0.1, -0.05) is 16.8 Å². The molecule has 1 aromatic heterocycles. The van der Waals surface area contributed by atoms with Crippen molar-refractivity contribution in [3.63, 3.8) is 0 Å². The van der Waals surface area contributed by atoms with Crippen molar-refractivity contribution in [2.45, 2.75) is 25.4 Å². The predicted molar refractivity (Wildman–Crippen MR) is 77.4 cm³/mol. The largest absolute Gasteiger partial charge is 0.480 e. The van der Waals surface area contributed by atoms with Crippen LogP contribution < -0.4 is 0 Å². The van der Waals surface area contributed by atoms with E-state index in [4.69, 9.17) is 16.7 Å². The molecule has 2 heterocycles. The summed E-state index contributed by atoms with van der Waals surface area (Å²) >= 11 is 5.75. The standard InChI is InChI=1S/C14H14ClFN4O2/c15-11-6-10(3-4-12(11)16)20-8-9(17-18-20)7-19-5-1-2-13(19)14(21)22/h3-4,6,8,13H,1-2,5,7H2,(H,21,22)/t13-/m1/s1. The van der Waals surface area contributed by atoms with Crippen LogP contribution in [0.15, 0.2) is 24.4 Å². The van der Waals surface area contributed by atoms with Gasteiger partial charge in [-0.2, -0.15) is 0 Å². The SMILES string of the molecule is O=C(O)[C@H]1CCCN1Cc1cn(-c2ccc(F)c(Cl)c2)nn1. The van der Waals surface area contributed by atoms with Gasteiger partial charge in [-0.05, 0) is 37.6 Å². The molecule has 1 aromatic carbocycles. The van der Waals surface area contributed by atoms with Gasteiger partial charge >= 0.3 is 5.97 Å². The van der Waals surface area contributed by atoms with E-state index in [2.05, 4.69) is 10.3 Å². The highest BCUT2D eigenvalue weighted by atomic mass is 35.5. The van der Waals surface area contributed by atoms with E-state index in [1.54, 1.807) is 12.3 Å². The first-order valence-electron chi connectivity index (χ1n) is 6.88. The fraction of sp³-hybridized carbons (Fsp3) is 0.357. The van der Waals surface area contributed by atoms with Crippen LogP contribution in [0.5, 0.6) is 0 Å². The Morgan fingerprint density at radius 2 is 2.32 bits per heavy atom. The Balaban J connectivity index is 1.76. The van der Waals surface area contributed by atoms with E-state index in [1.807, 2.05) is 4.90 Å².